The molecular weight excluding hydrogens is 556 g/mol. The second-order valence-corrected chi connectivity index (χ2v) is 10.3. The topological polar surface area (TPSA) is 130 Å². The van der Waals surface area contributed by atoms with Gasteiger partial charge in [-0.25, -0.2) is 9.37 Å². The van der Waals surface area contributed by atoms with Crippen molar-refractivity contribution in [2.24, 2.45) is 5.73 Å². The molecule has 1 atom stereocenters. The number of pyridine rings is 1. The van der Waals surface area contributed by atoms with Gasteiger partial charge < -0.3 is 25.9 Å². The number of carbonyl (C=O) groups excluding carboxylic acids is 2. The lowest BCUT2D eigenvalue weighted by Crippen LogP contribution is -2.51. The maximum Gasteiger partial charge on any atom is 0.424 e. The maximum atomic E-state index is 14.5. The number of alkyl halides is 3. The molecule has 220 valence electrons. The number of aliphatic hydroxyl groups is 1. The second-order valence-electron chi connectivity index (χ2n) is 10.3. The number of nitrogens with two attached hydrogens (primary N) is 1. The predicted octanol–water partition coefficient (Wildman–Crippen LogP) is 4.85. The van der Waals surface area contributed by atoms with Gasteiger partial charge in [0.1, 0.15) is 17.3 Å². The number of rotatable bonds is 10. The molecule has 2 heterocycles. The highest BCUT2D eigenvalue weighted by Crippen LogP contribution is 2.42. The number of aromatic amines is 1. The number of carbonyl (C=O) groups is 2. The van der Waals surface area contributed by atoms with Crippen molar-refractivity contribution in [3.8, 4) is 17.0 Å². The van der Waals surface area contributed by atoms with Crippen LogP contribution in [0.5, 0.6) is 5.75 Å². The van der Waals surface area contributed by atoms with Crippen LogP contribution >= 0.6 is 0 Å². The van der Waals surface area contributed by atoms with Crippen molar-refractivity contribution in [2.45, 2.75) is 43.9 Å². The van der Waals surface area contributed by atoms with E-state index < -0.39 is 48.1 Å². The number of nitrogens with one attached hydrogen (secondary N) is 2. The summed E-state index contributed by atoms with van der Waals surface area (Å²) >= 11 is 0. The van der Waals surface area contributed by atoms with E-state index in [2.05, 4.69) is 15.3 Å². The van der Waals surface area contributed by atoms with E-state index in [0.29, 0.717) is 5.92 Å². The predicted molar refractivity (Wildman–Crippen MR) is 146 cm³/mol. The van der Waals surface area contributed by atoms with Gasteiger partial charge in [-0.05, 0) is 80.3 Å². The SMILES string of the molecule is CCOc1c(CC(N)=O)cc([C@@](O)(CNC(=O)c2ccc3[nH]c(C4CC4)cc3c2)C(F)(F)F)nc1-c1ccc(F)cc1. The molecule has 12 heteroatoms. The zero-order chi connectivity index (χ0) is 30.2. The van der Waals surface area contributed by atoms with E-state index in [-0.39, 0.29) is 34.7 Å². The van der Waals surface area contributed by atoms with E-state index in [4.69, 9.17) is 10.5 Å². The lowest BCUT2D eigenvalue weighted by Gasteiger charge is -2.31. The Morgan fingerprint density at radius 2 is 1.83 bits per heavy atom. The van der Waals surface area contributed by atoms with Gasteiger partial charge in [-0.2, -0.15) is 13.2 Å². The van der Waals surface area contributed by atoms with Crippen LogP contribution in [-0.4, -0.2) is 46.2 Å². The number of hydrogen-bond donors (Lipinski definition) is 4. The molecule has 1 aliphatic rings. The molecule has 0 unspecified atom stereocenters. The number of benzene rings is 2. The minimum atomic E-state index is -5.31. The highest BCUT2D eigenvalue weighted by molar-refractivity contribution is 5.98. The van der Waals surface area contributed by atoms with Gasteiger partial charge in [-0.15, -0.1) is 0 Å². The third-order valence-electron chi connectivity index (χ3n) is 7.14. The summed E-state index contributed by atoms with van der Waals surface area (Å²) in [4.78, 5) is 32.2. The normalized spacial score (nSPS) is 14.9. The van der Waals surface area contributed by atoms with Crippen molar-refractivity contribution < 1.29 is 37.0 Å². The summed E-state index contributed by atoms with van der Waals surface area (Å²) in [6, 6.07) is 12.2. The molecule has 1 saturated carbocycles. The zero-order valence-electron chi connectivity index (χ0n) is 22.5. The Hall–Kier alpha value is -4.45. The Balaban J connectivity index is 1.52. The molecule has 0 bridgehead atoms. The van der Waals surface area contributed by atoms with E-state index in [1.807, 2.05) is 6.07 Å². The van der Waals surface area contributed by atoms with Crippen LogP contribution < -0.4 is 15.8 Å². The highest BCUT2D eigenvalue weighted by atomic mass is 19.4. The lowest BCUT2D eigenvalue weighted by molar-refractivity contribution is -0.265. The largest absolute Gasteiger partial charge is 0.491 e. The second kappa shape index (κ2) is 11.1. The van der Waals surface area contributed by atoms with Crippen LogP contribution in [0.2, 0.25) is 0 Å². The summed E-state index contributed by atoms with van der Waals surface area (Å²) in [5.41, 5.74) is 2.68. The van der Waals surface area contributed by atoms with Gasteiger partial charge in [0.25, 0.3) is 5.91 Å². The highest BCUT2D eigenvalue weighted by Gasteiger charge is 2.56. The summed E-state index contributed by atoms with van der Waals surface area (Å²) in [7, 11) is 0. The molecule has 8 nitrogen and oxygen atoms in total. The van der Waals surface area contributed by atoms with Crippen molar-refractivity contribution >= 4 is 22.7 Å². The first-order valence-corrected chi connectivity index (χ1v) is 13.3. The summed E-state index contributed by atoms with van der Waals surface area (Å²) in [5, 5.41) is 14.1. The fraction of sp³-hybridized carbons (Fsp3) is 0.300. The molecule has 1 aliphatic carbocycles. The molecule has 42 heavy (non-hydrogen) atoms. The Morgan fingerprint density at radius 1 is 1.12 bits per heavy atom. The minimum Gasteiger partial charge on any atom is -0.491 e. The number of fused-ring (bicyclic) bond motifs is 1. The Kier molecular flexibility index (Phi) is 7.67. The smallest absolute Gasteiger partial charge is 0.424 e. The molecule has 0 saturated heterocycles. The van der Waals surface area contributed by atoms with E-state index in [1.165, 1.54) is 18.2 Å². The average Bonchev–Trinajstić information content (AvgIpc) is 3.70. The molecule has 5 N–H and O–H groups in total. The number of amides is 2. The van der Waals surface area contributed by atoms with Crippen LogP contribution in [0.25, 0.3) is 22.2 Å². The van der Waals surface area contributed by atoms with Crippen molar-refractivity contribution in [1.29, 1.82) is 0 Å². The van der Waals surface area contributed by atoms with Crippen molar-refractivity contribution in [2.75, 3.05) is 13.2 Å². The monoisotopic (exact) mass is 584 g/mol. The van der Waals surface area contributed by atoms with Gasteiger partial charge in [0, 0.05) is 33.3 Å². The van der Waals surface area contributed by atoms with E-state index >= 15 is 0 Å². The van der Waals surface area contributed by atoms with Gasteiger partial charge in [-0.1, -0.05) is 0 Å². The molecule has 0 radical (unpaired) electrons. The average molecular weight is 585 g/mol. The van der Waals surface area contributed by atoms with Gasteiger partial charge in [0.2, 0.25) is 11.5 Å². The van der Waals surface area contributed by atoms with Gasteiger partial charge in [0.05, 0.1) is 25.3 Å². The van der Waals surface area contributed by atoms with Crippen molar-refractivity contribution in [3.63, 3.8) is 0 Å². The van der Waals surface area contributed by atoms with Crippen molar-refractivity contribution in [3.05, 3.63) is 82.9 Å². The number of aromatic nitrogens is 2. The zero-order valence-corrected chi connectivity index (χ0v) is 22.5. The summed E-state index contributed by atoms with van der Waals surface area (Å²) in [5.74, 6) is -1.90. The van der Waals surface area contributed by atoms with Crippen LogP contribution in [0.15, 0.2) is 54.6 Å². The van der Waals surface area contributed by atoms with Crippen molar-refractivity contribution in [1.82, 2.24) is 15.3 Å². The van der Waals surface area contributed by atoms with Crippen LogP contribution in [0.3, 0.4) is 0 Å². The molecule has 0 aliphatic heterocycles. The first-order valence-electron chi connectivity index (χ1n) is 13.3. The molecule has 5 rings (SSSR count). The quantitative estimate of drug-likeness (QED) is 0.198. The fourth-order valence-electron chi connectivity index (χ4n) is 4.78. The molecule has 1 fully saturated rings. The summed E-state index contributed by atoms with van der Waals surface area (Å²) in [6.45, 7) is 0.400. The van der Waals surface area contributed by atoms with Gasteiger partial charge in [-0.3, -0.25) is 9.59 Å². The van der Waals surface area contributed by atoms with E-state index in [0.717, 1.165) is 47.6 Å². The number of H-pyrrole nitrogens is 1. The number of ether oxygens (including phenoxy) is 1. The molecule has 2 aromatic heterocycles. The maximum absolute atomic E-state index is 14.5. The first kappa shape index (κ1) is 29.1. The molecule has 2 aromatic carbocycles. The number of hydrogen-bond acceptors (Lipinski definition) is 5. The van der Waals surface area contributed by atoms with Crippen LogP contribution in [0.1, 0.15) is 53.0 Å². The fourth-order valence-corrected chi connectivity index (χ4v) is 4.78. The Morgan fingerprint density at radius 3 is 2.45 bits per heavy atom. The molecular formula is C30H28F4N4O4. The van der Waals surface area contributed by atoms with Crippen LogP contribution in [0.4, 0.5) is 17.6 Å². The Bertz CT molecular complexity index is 1650. The van der Waals surface area contributed by atoms with E-state index in [1.54, 1.807) is 19.1 Å². The van der Waals surface area contributed by atoms with Gasteiger partial charge in [0.15, 0.2) is 0 Å². The number of nitrogens with zero attached hydrogens (tertiary/aromatic N) is 1. The molecule has 4 aromatic rings. The van der Waals surface area contributed by atoms with Crippen LogP contribution in [0, 0.1) is 5.82 Å². The van der Waals surface area contributed by atoms with Gasteiger partial charge >= 0.3 is 6.18 Å². The third kappa shape index (κ3) is 5.80. The standard InChI is InChI=1S/C30H28F4N4O4/c1-2-42-27-20(14-25(35)39)13-24(38-26(27)17-5-8-21(31)9-6-17)29(41,30(32,33)34)15-36-28(40)18-7-10-22-19(11-18)12-23(37-22)16-3-4-16/h5-13,16,37,41H,2-4,14-15H2,1H3,(H2,35,39)(H,36,40)/t29-/m0/s1. The van der Waals surface area contributed by atoms with E-state index in [9.17, 15) is 32.3 Å². The summed E-state index contributed by atoms with van der Waals surface area (Å²) in [6.07, 6.45) is -3.70. The number of primary amides is 1. The number of halogens is 4. The molecule has 0 spiro atoms. The first-order chi connectivity index (χ1) is 19.9. The third-order valence-corrected chi connectivity index (χ3v) is 7.14. The Labute approximate surface area is 237 Å². The lowest BCUT2D eigenvalue weighted by atomic mass is 9.93. The minimum absolute atomic E-state index is 0.0365. The summed E-state index contributed by atoms with van der Waals surface area (Å²) < 4.78 is 62.9. The van der Waals surface area contributed by atoms with Crippen LogP contribution in [-0.2, 0) is 16.8 Å². The molecule has 2 amide bonds.